The lowest BCUT2D eigenvalue weighted by Gasteiger charge is -2.02. The Morgan fingerprint density at radius 3 is 1.64 bits per heavy atom. The predicted molar refractivity (Wildman–Crippen MR) is 104 cm³/mol. The summed E-state index contributed by atoms with van der Waals surface area (Å²) in [6, 6.07) is 31.2. The second-order valence-corrected chi connectivity index (χ2v) is 5.85. The van der Waals surface area contributed by atoms with E-state index in [9.17, 15) is 0 Å². The average molecular weight is 323 g/mol. The highest BCUT2D eigenvalue weighted by Crippen LogP contribution is 2.31. The molecule has 3 aromatic carbocycles. The molecule has 4 aromatic rings. The van der Waals surface area contributed by atoms with Crippen molar-refractivity contribution in [3.8, 4) is 33.9 Å². The Kier molecular flexibility index (Phi) is 4.01. The fourth-order valence-corrected chi connectivity index (χ4v) is 3.15. The van der Waals surface area contributed by atoms with Gasteiger partial charge in [0.15, 0.2) is 11.4 Å². The molecule has 2 heteroatoms. The number of aromatic nitrogens is 2. The molecule has 0 saturated heterocycles. The van der Waals surface area contributed by atoms with Crippen LogP contribution in [0.2, 0.25) is 0 Å². The highest BCUT2D eigenvalue weighted by molar-refractivity contribution is 5.78. The molecule has 0 aliphatic heterocycles. The zero-order valence-electron chi connectivity index (χ0n) is 13.9. The normalized spacial score (nSPS) is 10.6. The van der Waals surface area contributed by atoms with Crippen LogP contribution in [0.3, 0.4) is 0 Å². The summed E-state index contributed by atoms with van der Waals surface area (Å²) in [7, 11) is 0. The van der Waals surface area contributed by atoms with Crippen LogP contribution in [-0.2, 0) is 0 Å². The molecule has 1 heterocycles. The van der Waals surface area contributed by atoms with Gasteiger partial charge in [-0.05, 0) is 12.1 Å². The lowest BCUT2D eigenvalue weighted by atomic mass is 10.0. The van der Waals surface area contributed by atoms with Crippen molar-refractivity contribution in [3.63, 3.8) is 0 Å². The molecule has 25 heavy (non-hydrogen) atoms. The van der Waals surface area contributed by atoms with Crippen LogP contribution < -0.4 is 4.57 Å². The summed E-state index contributed by atoms with van der Waals surface area (Å²) in [6.45, 7) is 4.05. The van der Waals surface area contributed by atoms with Gasteiger partial charge in [-0.2, -0.15) is 4.57 Å². The van der Waals surface area contributed by atoms with Gasteiger partial charge in [0.05, 0.1) is 11.8 Å². The van der Waals surface area contributed by atoms with E-state index in [1.54, 1.807) is 0 Å². The van der Waals surface area contributed by atoms with Crippen LogP contribution in [0.4, 0.5) is 0 Å². The van der Waals surface area contributed by atoms with E-state index in [0.29, 0.717) is 0 Å². The van der Waals surface area contributed by atoms with E-state index >= 15 is 0 Å². The van der Waals surface area contributed by atoms with Gasteiger partial charge in [0.1, 0.15) is 0 Å². The number of hydrogen-bond acceptors (Lipinski definition) is 0. The average Bonchev–Trinajstić information content (AvgIpc) is 3.09. The van der Waals surface area contributed by atoms with E-state index in [1.165, 1.54) is 0 Å². The first-order valence-electron chi connectivity index (χ1n) is 8.35. The van der Waals surface area contributed by atoms with Crippen LogP contribution in [0.1, 0.15) is 0 Å². The summed E-state index contributed by atoms with van der Waals surface area (Å²) in [5, 5.41) is 0. The lowest BCUT2D eigenvalue weighted by Crippen LogP contribution is -2.29. The van der Waals surface area contributed by atoms with Crippen molar-refractivity contribution in [1.29, 1.82) is 0 Å². The van der Waals surface area contributed by atoms with Gasteiger partial charge in [0.2, 0.25) is 0 Å². The van der Waals surface area contributed by atoms with Crippen molar-refractivity contribution in [1.82, 2.24) is 4.98 Å². The molecular formula is C23H19N2+. The minimum atomic E-state index is 1.02. The maximum Gasteiger partial charge on any atom is 0.292 e. The second kappa shape index (κ2) is 6.62. The molecule has 0 saturated carbocycles. The molecule has 0 spiro atoms. The van der Waals surface area contributed by atoms with Crippen molar-refractivity contribution >= 4 is 6.20 Å². The van der Waals surface area contributed by atoms with Gasteiger partial charge in [0.25, 0.3) is 5.82 Å². The van der Waals surface area contributed by atoms with E-state index < -0.39 is 0 Å². The highest BCUT2D eigenvalue weighted by atomic mass is 15.1. The van der Waals surface area contributed by atoms with Crippen LogP contribution >= 0.6 is 0 Å². The van der Waals surface area contributed by atoms with Crippen LogP contribution in [-0.4, -0.2) is 4.98 Å². The lowest BCUT2D eigenvalue weighted by molar-refractivity contribution is -0.541. The summed E-state index contributed by atoms with van der Waals surface area (Å²) in [5.74, 6) is 1.02. The third-order valence-corrected chi connectivity index (χ3v) is 4.30. The van der Waals surface area contributed by atoms with Crippen molar-refractivity contribution in [2.45, 2.75) is 0 Å². The zero-order chi connectivity index (χ0) is 17.1. The first-order valence-corrected chi connectivity index (χ1v) is 8.35. The number of H-pyrrole nitrogens is 1. The van der Waals surface area contributed by atoms with Gasteiger partial charge in [-0.3, -0.25) is 0 Å². The quantitative estimate of drug-likeness (QED) is 0.485. The number of nitrogens with zero attached hydrogens (tertiary/aromatic N) is 1. The van der Waals surface area contributed by atoms with E-state index in [1.807, 2.05) is 36.5 Å². The second-order valence-electron chi connectivity index (χ2n) is 5.85. The SMILES string of the molecule is C=C[n+]1c(-c2ccccc2)[nH]c(-c2ccccc2)c1-c1ccccc1. The maximum atomic E-state index is 4.05. The maximum absolute atomic E-state index is 4.05. The molecule has 4 rings (SSSR count). The highest BCUT2D eigenvalue weighted by Gasteiger charge is 2.26. The molecule has 0 amide bonds. The zero-order valence-corrected chi connectivity index (χ0v) is 13.9. The van der Waals surface area contributed by atoms with E-state index in [2.05, 4.69) is 76.8 Å². The monoisotopic (exact) mass is 323 g/mol. The minimum Gasteiger partial charge on any atom is -0.236 e. The Hall–Kier alpha value is -3.39. The Morgan fingerprint density at radius 2 is 1.12 bits per heavy atom. The number of rotatable bonds is 4. The van der Waals surface area contributed by atoms with E-state index in [0.717, 1.165) is 33.9 Å². The summed E-state index contributed by atoms with van der Waals surface area (Å²) in [4.78, 5) is 3.62. The third-order valence-electron chi connectivity index (χ3n) is 4.30. The molecule has 0 radical (unpaired) electrons. The smallest absolute Gasteiger partial charge is 0.236 e. The third kappa shape index (κ3) is 2.79. The Morgan fingerprint density at radius 1 is 0.640 bits per heavy atom. The van der Waals surface area contributed by atoms with Crippen LogP contribution in [0.15, 0.2) is 97.6 Å². The molecule has 0 atom stereocenters. The Bertz CT molecular complexity index is 984. The summed E-state index contributed by atoms with van der Waals surface area (Å²) < 4.78 is 2.13. The van der Waals surface area contributed by atoms with Crippen molar-refractivity contribution in [2.75, 3.05) is 0 Å². The Balaban J connectivity index is 2.03. The standard InChI is InChI=1S/C23H18N2/c1-2-25-22(19-14-8-4-9-15-19)21(18-12-6-3-7-13-18)24-23(25)20-16-10-5-11-17-20/h2-17H,1H2/p+1. The van der Waals surface area contributed by atoms with Gasteiger partial charge in [-0.15, -0.1) is 0 Å². The molecule has 2 nitrogen and oxygen atoms in total. The van der Waals surface area contributed by atoms with Crippen LogP contribution in [0.5, 0.6) is 0 Å². The van der Waals surface area contributed by atoms with Gasteiger partial charge < -0.3 is 0 Å². The molecule has 0 bridgehead atoms. The molecule has 0 aliphatic carbocycles. The number of aromatic amines is 1. The fraction of sp³-hybridized carbons (Fsp3) is 0. The molecule has 0 fully saturated rings. The summed E-state index contributed by atoms with van der Waals surface area (Å²) in [5.41, 5.74) is 5.63. The Labute approximate surface area is 147 Å². The first-order chi connectivity index (χ1) is 12.4. The fourth-order valence-electron chi connectivity index (χ4n) is 3.15. The van der Waals surface area contributed by atoms with E-state index in [-0.39, 0.29) is 0 Å². The first kappa shape index (κ1) is 15.2. The molecular weight excluding hydrogens is 304 g/mol. The topological polar surface area (TPSA) is 19.7 Å². The van der Waals surface area contributed by atoms with Crippen LogP contribution in [0, 0.1) is 0 Å². The predicted octanol–water partition coefficient (Wildman–Crippen LogP) is 5.40. The summed E-state index contributed by atoms with van der Waals surface area (Å²) >= 11 is 0. The molecule has 120 valence electrons. The van der Waals surface area contributed by atoms with Gasteiger partial charge >= 0.3 is 0 Å². The molecule has 0 aliphatic rings. The van der Waals surface area contributed by atoms with Gasteiger partial charge in [0, 0.05) is 11.1 Å². The van der Waals surface area contributed by atoms with Crippen molar-refractivity contribution in [3.05, 3.63) is 97.6 Å². The van der Waals surface area contributed by atoms with Crippen LogP contribution in [0.25, 0.3) is 40.1 Å². The number of nitrogens with one attached hydrogen (secondary N) is 1. The molecule has 0 unspecified atom stereocenters. The van der Waals surface area contributed by atoms with Gasteiger partial charge in [-0.25, -0.2) is 4.98 Å². The van der Waals surface area contributed by atoms with E-state index in [4.69, 9.17) is 0 Å². The largest absolute Gasteiger partial charge is 0.292 e. The minimum absolute atomic E-state index is 1.02. The number of hydrogen-bond donors (Lipinski definition) is 1. The van der Waals surface area contributed by atoms with Crippen molar-refractivity contribution in [2.24, 2.45) is 0 Å². The molecule has 1 aromatic heterocycles. The summed E-state index contributed by atoms with van der Waals surface area (Å²) in [6.07, 6.45) is 1.87. The number of benzene rings is 3. The molecule has 1 N–H and O–H groups in total. The van der Waals surface area contributed by atoms with Crippen molar-refractivity contribution < 1.29 is 4.57 Å². The van der Waals surface area contributed by atoms with Gasteiger partial charge in [-0.1, -0.05) is 85.4 Å². The number of imidazole rings is 1.